The van der Waals surface area contributed by atoms with Gasteiger partial charge in [-0.05, 0) is 50.3 Å². The lowest BCUT2D eigenvalue weighted by molar-refractivity contribution is -0.139. The molecule has 1 N–H and O–H groups in total. The molecule has 1 atom stereocenters. The quantitative estimate of drug-likeness (QED) is 0.280. The third-order valence-corrected chi connectivity index (χ3v) is 6.01. The van der Waals surface area contributed by atoms with Crippen LogP contribution in [0.15, 0.2) is 90.5 Å². The van der Waals surface area contributed by atoms with Gasteiger partial charge < -0.3 is 19.6 Å². The minimum Gasteiger partial charge on any atom is -0.507 e. The van der Waals surface area contributed by atoms with E-state index >= 15 is 0 Å². The molecule has 4 rings (SSSR count). The maximum Gasteiger partial charge on any atom is 0.295 e. The van der Waals surface area contributed by atoms with E-state index in [4.69, 9.17) is 4.74 Å². The summed E-state index contributed by atoms with van der Waals surface area (Å²) in [5.74, 6) is -0.803. The van der Waals surface area contributed by atoms with E-state index in [0.717, 1.165) is 17.7 Å². The van der Waals surface area contributed by atoms with E-state index in [-0.39, 0.29) is 11.3 Å². The summed E-state index contributed by atoms with van der Waals surface area (Å²) in [7, 11) is 3.93. The van der Waals surface area contributed by atoms with Crippen LogP contribution in [0, 0.1) is 0 Å². The summed E-state index contributed by atoms with van der Waals surface area (Å²) in [6.45, 7) is 1.57. The number of hydrogen-bond acceptors (Lipinski definition) is 5. The van der Waals surface area contributed by atoms with Crippen LogP contribution >= 0.6 is 0 Å². The molecule has 0 aromatic heterocycles. The third-order valence-electron chi connectivity index (χ3n) is 6.01. The lowest BCUT2D eigenvalue weighted by atomic mass is 9.95. The fraction of sp³-hybridized carbons (Fsp3) is 0.241. The molecule has 3 aromatic carbocycles. The molecule has 1 saturated heterocycles. The summed E-state index contributed by atoms with van der Waals surface area (Å²) in [5, 5.41) is 11.1. The maximum atomic E-state index is 13.2. The predicted octanol–water partition coefficient (Wildman–Crippen LogP) is 4.64. The summed E-state index contributed by atoms with van der Waals surface area (Å²) in [6.07, 6.45) is 0.700. The average molecular weight is 471 g/mol. The van der Waals surface area contributed by atoms with Crippen LogP contribution in [0.25, 0.3) is 5.76 Å². The summed E-state index contributed by atoms with van der Waals surface area (Å²) in [6, 6.07) is 25.4. The van der Waals surface area contributed by atoms with Gasteiger partial charge in [-0.2, -0.15) is 0 Å². The molecule has 1 aliphatic heterocycles. The van der Waals surface area contributed by atoms with Gasteiger partial charge >= 0.3 is 0 Å². The van der Waals surface area contributed by atoms with Gasteiger partial charge in [0, 0.05) is 12.1 Å². The molecule has 1 unspecified atom stereocenters. The highest BCUT2D eigenvalue weighted by molar-refractivity contribution is 6.46. The predicted molar refractivity (Wildman–Crippen MR) is 136 cm³/mol. The van der Waals surface area contributed by atoms with Crippen molar-refractivity contribution in [3.63, 3.8) is 0 Å². The van der Waals surface area contributed by atoms with Gasteiger partial charge in [-0.15, -0.1) is 0 Å². The Morgan fingerprint density at radius 3 is 2.31 bits per heavy atom. The monoisotopic (exact) mass is 470 g/mol. The molecule has 3 aromatic rings. The number of ether oxygens (including phenoxy) is 1. The van der Waals surface area contributed by atoms with E-state index in [1.54, 1.807) is 29.2 Å². The number of rotatable bonds is 9. The zero-order valence-electron chi connectivity index (χ0n) is 20.1. The minimum absolute atomic E-state index is 0.103. The molecule has 1 heterocycles. The number of aliphatic hydroxyl groups excluding tert-OH is 1. The number of amides is 1. The van der Waals surface area contributed by atoms with Gasteiger partial charge in [-0.25, -0.2) is 0 Å². The Balaban J connectivity index is 1.70. The second kappa shape index (κ2) is 11.0. The molecule has 0 aliphatic carbocycles. The van der Waals surface area contributed by atoms with Gasteiger partial charge in [0.15, 0.2) is 0 Å². The van der Waals surface area contributed by atoms with Crippen LogP contribution in [-0.4, -0.2) is 53.8 Å². The van der Waals surface area contributed by atoms with Crippen molar-refractivity contribution in [2.75, 3.05) is 27.2 Å². The number of nitrogens with zero attached hydrogens (tertiary/aromatic N) is 2. The van der Waals surface area contributed by atoms with Crippen LogP contribution in [-0.2, 0) is 16.2 Å². The van der Waals surface area contributed by atoms with Crippen molar-refractivity contribution >= 4 is 17.4 Å². The number of likely N-dealkylation sites (tertiary alicyclic amines) is 1. The van der Waals surface area contributed by atoms with Crippen molar-refractivity contribution < 1.29 is 19.4 Å². The first-order valence-corrected chi connectivity index (χ1v) is 11.7. The molecule has 6 heteroatoms. The molecular weight excluding hydrogens is 440 g/mol. The van der Waals surface area contributed by atoms with Gasteiger partial charge in [0.2, 0.25) is 0 Å². The summed E-state index contributed by atoms with van der Waals surface area (Å²) in [4.78, 5) is 29.9. The van der Waals surface area contributed by atoms with Crippen LogP contribution in [0.1, 0.15) is 29.2 Å². The molecule has 35 heavy (non-hydrogen) atoms. The first-order chi connectivity index (χ1) is 17.0. The van der Waals surface area contributed by atoms with E-state index in [9.17, 15) is 14.7 Å². The molecule has 1 amide bonds. The molecular formula is C29H30N2O4. The van der Waals surface area contributed by atoms with E-state index in [1.165, 1.54) is 0 Å². The zero-order chi connectivity index (χ0) is 24.8. The number of ketones is 1. The van der Waals surface area contributed by atoms with Crippen LogP contribution in [0.3, 0.4) is 0 Å². The lowest BCUT2D eigenvalue weighted by Crippen LogP contribution is -2.32. The Bertz CT molecular complexity index is 1210. The Labute approximate surface area is 206 Å². The van der Waals surface area contributed by atoms with Crippen LogP contribution in [0.5, 0.6) is 5.75 Å². The van der Waals surface area contributed by atoms with Crippen LogP contribution < -0.4 is 4.74 Å². The summed E-state index contributed by atoms with van der Waals surface area (Å²) < 4.78 is 6.00. The molecule has 180 valence electrons. The van der Waals surface area contributed by atoms with Gasteiger partial charge in [0.05, 0.1) is 11.6 Å². The highest BCUT2D eigenvalue weighted by atomic mass is 16.5. The van der Waals surface area contributed by atoms with Crippen molar-refractivity contribution in [3.05, 3.63) is 107 Å². The number of carbonyl (C=O) groups excluding carboxylic acids is 2. The number of hydrogen-bond donors (Lipinski definition) is 1. The highest BCUT2D eigenvalue weighted by Gasteiger charge is 2.45. The highest BCUT2D eigenvalue weighted by Crippen LogP contribution is 2.40. The summed E-state index contributed by atoms with van der Waals surface area (Å²) >= 11 is 0. The van der Waals surface area contributed by atoms with Crippen molar-refractivity contribution in [3.8, 4) is 5.75 Å². The summed E-state index contributed by atoms with van der Waals surface area (Å²) in [5.41, 5.74) is 2.36. The average Bonchev–Trinajstić information content (AvgIpc) is 3.13. The van der Waals surface area contributed by atoms with E-state index in [1.807, 2.05) is 79.7 Å². The maximum absolute atomic E-state index is 13.2. The molecule has 0 saturated carbocycles. The Kier molecular flexibility index (Phi) is 7.63. The van der Waals surface area contributed by atoms with E-state index < -0.39 is 17.7 Å². The molecule has 1 aliphatic rings. The molecule has 1 fully saturated rings. The first-order valence-electron chi connectivity index (χ1n) is 11.7. The Morgan fingerprint density at radius 1 is 0.943 bits per heavy atom. The van der Waals surface area contributed by atoms with Gasteiger partial charge in [0.25, 0.3) is 11.7 Å². The normalized spacial score (nSPS) is 17.2. The molecule has 0 bridgehead atoms. The molecule has 6 nitrogen and oxygen atoms in total. The SMILES string of the molecule is CN(C)CCCN1C(=O)C(=O)/C(=C(/O)c2ccccc2)C1c1cccc(OCc2ccccc2)c1. The van der Waals surface area contributed by atoms with Crippen LogP contribution in [0.4, 0.5) is 0 Å². The number of aliphatic hydroxyl groups is 1. The second-order valence-electron chi connectivity index (χ2n) is 8.86. The fourth-order valence-electron chi connectivity index (χ4n) is 4.28. The van der Waals surface area contributed by atoms with E-state index in [2.05, 4.69) is 0 Å². The first kappa shape index (κ1) is 24.2. The van der Waals surface area contributed by atoms with Crippen molar-refractivity contribution in [2.24, 2.45) is 0 Å². The molecule has 0 spiro atoms. The number of Topliss-reactive ketones (excluding diaryl/α,β-unsaturated/α-hetero) is 1. The van der Waals surface area contributed by atoms with Gasteiger partial charge in [-0.1, -0.05) is 72.8 Å². The third kappa shape index (κ3) is 5.61. The number of carbonyl (C=O) groups is 2. The van der Waals surface area contributed by atoms with Crippen molar-refractivity contribution in [2.45, 2.75) is 19.1 Å². The Hall–Kier alpha value is -3.90. The largest absolute Gasteiger partial charge is 0.507 e. The van der Waals surface area contributed by atoms with Crippen LogP contribution in [0.2, 0.25) is 0 Å². The topological polar surface area (TPSA) is 70.1 Å². The van der Waals surface area contributed by atoms with E-state index in [0.29, 0.717) is 30.9 Å². The minimum atomic E-state index is -0.697. The fourth-order valence-corrected chi connectivity index (χ4v) is 4.28. The molecule has 0 radical (unpaired) electrons. The second-order valence-corrected chi connectivity index (χ2v) is 8.86. The van der Waals surface area contributed by atoms with Gasteiger partial charge in [0.1, 0.15) is 18.1 Å². The Morgan fingerprint density at radius 2 is 1.63 bits per heavy atom. The zero-order valence-corrected chi connectivity index (χ0v) is 20.1. The standard InChI is InChI=1S/C29H30N2O4/c1-30(2)17-10-18-31-26(25(28(33)29(31)34)27(32)22-13-7-4-8-14-22)23-15-9-16-24(19-23)35-20-21-11-5-3-6-12-21/h3-9,11-16,19,26,32H,10,17-18,20H2,1-2H3/b27-25+. The lowest BCUT2D eigenvalue weighted by Gasteiger charge is -2.26. The van der Waals surface area contributed by atoms with Crippen molar-refractivity contribution in [1.29, 1.82) is 0 Å². The van der Waals surface area contributed by atoms with Gasteiger partial charge in [-0.3, -0.25) is 9.59 Å². The number of benzene rings is 3. The smallest absolute Gasteiger partial charge is 0.295 e. The van der Waals surface area contributed by atoms with Crippen molar-refractivity contribution in [1.82, 2.24) is 9.80 Å².